The molecule has 1 amide bonds. The van der Waals surface area contributed by atoms with E-state index < -0.39 is 5.97 Å². The molecule has 0 radical (unpaired) electrons. The third-order valence-electron chi connectivity index (χ3n) is 4.79. The molecule has 2 N–H and O–H groups in total. The van der Waals surface area contributed by atoms with Gasteiger partial charge in [0.15, 0.2) is 0 Å². The molecule has 2 unspecified atom stereocenters. The van der Waals surface area contributed by atoms with Crippen LogP contribution in [0.4, 0.5) is 0 Å². The molecule has 0 heterocycles. The van der Waals surface area contributed by atoms with Gasteiger partial charge in [-0.3, -0.25) is 9.59 Å². The molecule has 1 aliphatic carbocycles. The van der Waals surface area contributed by atoms with Gasteiger partial charge in [0.2, 0.25) is 5.91 Å². The van der Waals surface area contributed by atoms with Crippen molar-refractivity contribution in [1.82, 2.24) is 5.32 Å². The highest BCUT2D eigenvalue weighted by Crippen LogP contribution is 2.41. The Morgan fingerprint density at radius 3 is 2.30 bits per heavy atom. The van der Waals surface area contributed by atoms with Crippen molar-refractivity contribution < 1.29 is 14.7 Å². The van der Waals surface area contributed by atoms with Gasteiger partial charge in [-0.25, -0.2) is 0 Å². The number of hydrogen-bond donors (Lipinski definition) is 2. The number of hydrogen-bond acceptors (Lipinski definition) is 2. The highest BCUT2D eigenvalue weighted by molar-refractivity contribution is 5.83. The standard InChI is InChI=1S/C16H29NO3/c1-4-16(10-5-6-11-16)15(20)17-13(3)9-7-8-12(2)14(18)19/h12-13H,4-11H2,1-3H3,(H,17,20)(H,18,19). The summed E-state index contributed by atoms with van der Waals surface area (Å²) in [7, 11) is 0. The molecule has 20 heavy (non-hydrogen) atoms. The molecule has 4 nitrogen and oxygen atoms in total. The maximum Gasteiger partial charge on any atom is 0.306 e. The lowest BCUT2D eigenvalue weighted by Crippen LogP contribution is -2.43. The van der Waals surface area contributed by atoms with Crippen molar-refractivity contribution in [2.45, 2.75) is 78.2 Å². The summed E-state index contributed by atoms with van der Waals surface area (Å²) in [4.78, 5) is 23.1. The molecule has 0 aromatic carbocycles. The van der Waals surface area contributed by atoms with Gasteiger partial charge in [-0.2, -0.15) is 0 Å². The highest BCUT2D eigenvalue weighted by atomic mass is 16.4. The number of nitrogens with one attached hydrogen (secondary N) is 1. The number of carboxylic acid groups (broad SMARTS) is 1. The zero-order valence-electron chi connectivity index (χ0n) is 13.1. The molecule has 2 atom stereocenters. The van der Waals surface area contributed by atoms with Crippen LogP contribution in [0.25, 0.3) is 0 Å². The van der Waals surface area contributed by atoms with E-state index in [9.17, 15) is 9.59 Å². The SMILES string of the molecule is CCC1(C(=O)NC(C)CCCC(C)C(=O)O)CCCC1. The van der Waals surface area contributed by atoms with Crippen LogP contribution in [0.3, 0.4) is 0 Å². The summed E-state index contributed by atoms with van der Waals surface area (Å²) in [6, 6.07) is 0.132. The van der Waals surface area contributed by atoms with Crippen molar-refractivity contribution in [2.75, 3.05) is 0 Å². The van der Waals surface area contributed by atoms with Crippen LogP contribution in [0.15, 0.2) is 0 Å². The minimum atomic E-state index is -0.738. The van der Waals surface area contributed by atoms with E-state index in [1.165, 1.54) is 0 Å². The van der Waals surface area contributed by atoms with E-state index in [0.717, 1.165) is 44.9 Å². The summed E-state index contributed by atoms with van der Waals surface area (Å²) in [6.07, 6.45) is 7.63. The molecule has 1 aliphatic rings. The second-order valence-electron chi connectivity index (χ2n) is 6.39. The van der Waals surface area contributed by atoms with E-state index in [1.807, 2.05) is 6.92 Å². The molecule has 1 saturated carbocycles. The summed E-state index contributed by atoms with van der Waals surface area (Å²) < 4.78 is 0. The van der Waals surface area contributed by atoms with Crippen molar-refractivity contribution >= 4 is 11.9 Å². The van der Waals surface area contributed by atoms with Crippen LogP contribution >= 0.6 is 0 Å². The largest absolute Gasteiger partial charge is 0.481 e. The molecule has 116 valence electrons. The van der Waals surface area contributed by atoms with Crippen LogP contribution in [0.2, 0.25) is 0 Å². The van der Waals surface area contributed by atoms with Gasteiger partial charge >= 0.3 is 5.97 Å². The van der Waals surface area contributed by atoms with Gasteiger partial charge in [-0.05, 0) is 39.0 Å². The minimum absolute atomic E-state index is 0.132. The Kier molecular flexibility index (Phi) is 6.50. The number of rotatable bonds is 8. The number of carbonyl (C=O) groups excluding carboxylic acids is 1. The first kappa shape index (κ1) is 17.0. The van der Waals surface area contributed by atoms with Crippen LogP contribution in [0.5, 0.6) is 0 Å². The van der Waals surface area contributed by atoms with Crippen molar-refractivity contribution in [3.8, 4) is 0 Å². The predicted molar refractivity (Wildman–Crippen MR) is 79.4 cm³/mol. The zero-order chi connectivity index (χ0) is 15.2. The first-order valence-corrected chi connectivity index (χ1v) is 7.95. The van der Waals surface area contributed by atoms with Crippen molar-refractivity contribution in [2.24, 2.45) is 11.3 Å². The second-order valence-corrected chi connectivity index (χ2v) is 6.39. The number of amides is 1. The molecule has 0 aliphatic heterocycles. The van der Waals surface area contributed by atoms with Crippen molar-refractivity contribution in [3.63, 3.8) is 0 Å². The number of aliphatic carboxylic acids is 1. The lowest BCUT2D eigenvalue weighted by Gasteiger charge is -2.28. The Labute approximate surface area is 122 Å². The van der Waals surface area contributed by atoms with Gasteiger partial charge in [-0.15, -0.1) is 0 Å². The molecule has 0 aromatic rings. The molecule has 0 aromatic heterocycles. The molecular weight excluding hydrogens is 254 g/mol. The fourth-order valence-corrected chi connectivity index (χ4v) is 3.10. The fraction of sp³-hybridized carbons (Fsp3) is 0.875. The van der Waals surface area contributed by atoms with Gasteiger partial charge in [0.05, 0.1) is 5.92 Å². The van der Waals surface area contributed by atoms with Crippen LogP contribution < -0.4 is 5.32 Å². The van der Waals surface area contributed by atoms with Crippen molar-refractivity contribution in [1.29, 1.82) is 0 Å². The molecule has 1 fully saturated rings. The Morgan fingerprint density at radius 1 is 1.20 bits per heavy atom. The summed E-state index contributed by atoms with van der Waals surface area (Å²) in [5.41, 5.74) is -0.136. The van der Waals surface area contributed by atoms with Crippen LogP contribution in [0.1, 0.15) is 72.1 Å². The Balaban J connectivity index is 2.32. The first-order valence-electron chi connectivity index (χ1n) is 7.95. The highest BCUT2D eigenvalue weighted by Gasteiger charge is 2.39. The average Bonchev–Trinajstić information content (AvgIpc) is 2.88. The maximum absolute atomic E-state index is 12.4. The van der Waals surface area contributed by atoms with Gasteiger partial charge in [0.1, 0.15) is 0 Å². The van der Waals surface area contributed by atoms with Gasteiger partial charge in [0, 0.05) is 11.5 Å². The zero-order valence-corrected chi connectivity index (χ0v) is 13.1. The van der Waals surface area contributed by atoms with Crippen LogP contribution in [-0.2, 0) is 9.59 Å². The average molecular weight is 283 g/mol. The fourth-order valence-electron chi connectivity index (χ4n) is 3.10. The molecule has 0 spiro atoms. The van der Waals surface area contributed by atoms with Crippen LogP contribution in [0, 0.1) is 11.3 Å². The summed E-state index contributed by atoms with van der Waals surface area (Å²) in [6.45, 7) is 5.85. The van der Waals surface area contributed by atoms with E-state index in [0.29, 0.717) is 6.42 Å². The Bertz CT molecular complexity index is 335. The molecule has 4 heteroatoms. The number of carbonyl (C=O) groups is 2. The van der Waals surface area contributed by atoms with E-state index >= 15 is 0 Å². The number of carboxylic acids is 1. The second kappa shape index (κ2) is 7.65. The maximum atomic E-state index is 12.4. The summed E-state index contributed by atoms with van der Waals surface area (Å²) in [5.74, 6) is -0.830. The topological polar surface area (TPSA) is 66.4 Å². The van der Waals surface area contributed by atoms with E-state index in [1.54, 1.807) is 6.92 Å². The normalized spacial score (nSPS) is 20.4. The predicted octanol–water partition coefficient (Wildman–Crippen LogP) is 3.35. The van der Waals surface area contributed by atoms with Gasteiger partial charge < -0.3 is 10.4 Å². The van der Waals surface area contributed by atoms with Gasteiger partial charge in [0.25, 0.3) is 0 Å². The van der Waals surface area contributed by atoms with Crippen molar-refractivity contribution in [3.05, 3.63) is 0 Å². The molecular formula is C16H29NO3. The molecule has 0 bridgehead atoms. The Hall–Kier alpha value is -1.06. The van der Waals surface area contributed by atoms with Gasteiger partial charge in [-0.1, -0.05) is 33.1 Å². The van der Waals surface area contributed by atoms with E-state index in [2.05, 4.69) is 12.2 Å². The molecule has 1 rings (SSSR count). The lowest BCUT2D eigenvalue weighted by atomic mass is 9.82. The molecule has 0 saturated heterocycles. The third-order valence-corrected chi connectivity index (χ3v) is 4.79. The minimum Gasteiger partial charge on any atom is -0.481 e. The summed E-state index contributed by atoms with van der Waals surface area (Å²) >= 11 is 0. The summed E-state index contributed by atoms with van der Waals surface area (Å²) in [5, 5.41) is 12.0. The Morgan fingerprint density at radius 2 is 1.80 bits per heavy atom. The first-order chi connectivity index (χ1) is 9.41. The smallest absolute Gasteiger partial charge is 0.306 e. The van der Waals surface area contributed by atoms with Crippen LogP contribution in [-0.4, -0.2) is 23.0 Å². The monoisotopic (exact) mass is 283 g/mol. The lowest BCUT2D eigenvalue weighted by molar-refractivity contribution is -0.141. The van der Waals surface area contributed by atoms with E-state index in [4.69, 9.17) is 5.11 Å². The van der Waals surface area contributed by atoms with E-state index in [-0.39, 0.29) is 23.3 Å². The third kappa shape index (κ3) is 4.50. The quantitative estimate of drug-likeness (QED) is 0.718.